The van der Waals surface area contributed by atoms with Crippen LogP contribution < -0.4 is 9.64 Å². The Labute approximate surface area is 167 Å². The zero-order valence-electron chi connectivity index (χ0n) is 17.3. The highest BCUT2D eigenvalue weighted by Crippen LogP contribution is 2.35. The van der Waals surface area contributed by atoms with Crippen LogP contribution in [0.1, 0.15) is 57.4 Å². The Morgan fingerprint density at radius 1 is 1.04 bits per heavy atom. The van der Waals surface area contributed by atoms with Gasteiger partial charge in [-0.05, 0) is 41.3 Å². The first-order valence-electron chi connectivity index (χ1n) is 10.6. The Kier molecular flexibility index (Phi) is 5.80. The molecule has 2 aliphatic rings. The summed E-state index contributed by atoms with van der Waals surface area (Å²) < 4.78 is 7.69. The molecule has 0 bridgehead atoms. The molecule has 0 radical (unpaired) electrons. The molecule has 28 heavy (non-hydrogen) atoms. The molecular weight excluding hydrogens is 352 g/mol. The van der Waals surface area contributed by atoms with Crippen molar-refractivity contribution in [3.8, 4) is 5.75 Å². The van der Waals surface area contributed by atoms with E-state index in [0.29, 0.717) is 12.0 Å². The molecule has 152 valence electrons. The lowest BCUT2D eigenvalue weighted by Gasteiger charge is -2.41. The average molecular weight is 385 g/mol. The molecule has 0 amide bonds. The van der Waals surface area contributed by atoms with Crippen LogP contribution in [0, 0.1) is 5.92 Å². The molecule has 1 aromatic heterocycles. The monoisotopic (exact) mass is 384 g/mol. The minimum Gasteiger partial charge on any atom is -0.495 e. The minimum atomic E-state index is 0.260. The number of hydrogen-bond donors (Lipinski definition) is 0. The second-order valence-electron chi connectivity index (χ2n) is 8.30. The van der Waals surface area contributed by atoms with Crippen molar-refractivity contribution in [3.63, 3.8) is 0 Å². The van der Waals surface area contributed by atoms with Crippen molar-refractivity contribution in [2.45, 2.75) is 51.6 Å². The number of hydrogen-bond acceptors (Lipinski definition) is 6. The van der Waals surface area contributed by atoms with Crippen molar-refractivity contribution in [3.05, 3.63) is 30.1 Å². The molecule has 1 saturated carbocycles. The zero-order chi connectivity index (χ0) is 19.5. The standard InChI is InChI=1S/C21H32N6O/c1-16(2)20(21-22-23-24-27(21)17-8-4-5-9-17)26-14-12-25(13-15-26)18-10-6-7-11-19(18)28-3/h6-7,10-11,16-17,20H,4-5,8-9,12-15H2,1-3H3/t20-/m1/s1. The second kappa shape index (κ2) is 8.47. The van der Waals surface area contributed by atoms with Gasteiger partial charge < -0.3 is 9.64 Å². The van der Waals surface area contributed by atoms with Gasteiger partial charge in [-0.3, -0.25) is 4.90 Å². The molecule has 2 aromatic rings. The SMILES string of the molecule is COc1ccccc1N1CCN([C@@H](c2nnnn2C2CCCC2)C(C)C)CC1. The molecule has 0 unspecified atom stereocenters. The Morgan fingerprint density at radius 3 is 2.43 bits per heavy atom. The summed E-state index contributed by atoms with van der Waals surface area (Å²) in [5, 5.41) is 12.9. The van der Waals surface area contributed by atoms with Gasteiger partial charge in [0.05, 0.1) is 24.9 Å². The molecule has 1 atom stereocenters. The summed E-state index contributed by atoms with van der Waals surface area (Å²) in [5.41, 5.74) is 1.18. The number of aromatic nitrogens is 4. The predicted molar refractivity (Wildman–Crippen MR) is 110 cm³/mol. The first-order chi connectivity index (χ1) is 13.7. The van der Waals surface area contributed by atoms with Gasteiger partial charge in [-0.1, -0.05) is 38.8 Å². The number of piperazine rings is 1. The zero-order valence-corrected chi connectivity index (χ0v) is 17.3. The number of benzene rings is 1. The van der Waals surface area contributed by atoms with E-state index >= 15 is 0 Å². The van der Waals surface area contributed by atoms with Gasteiger partial charge in [0.2, 0.25) is 0 Å². The third kappa shape index (κ3) is 3.72. The molecule has 1 saturated heterocycles. The van der Waals surface area contributed by atoms with E-state index in [2.05, 4.69) is 56.0 Å². The van der Waals surface area contributed by atoms with Crippen molar-refractivity contribution in [2.24, 2.45) is 5.92 Å². The van der Waals surface area contributed by atoms with Gasteiger partial charge in [-0.2, -0.15) is 0 Å². The summed E-state index contributed by atoms with van der Waals surface area (Å²) in [6, 6.07) is 9.02. The summed E-state index contributed by atoms with van der Waals surface area (Å²) >= 11 is 0. The number of nitrogens with zero attached hydrogens (tertiary/aromatic N) is 6. The molecule has 0 spiro atoms. The van der Waals surface area contributed by atoms with E-state index in [-0.39, 0.29) is 6.04 Å². The molecule has 7 nitrogen and oxygen atoms in total. The highest BCUT2D eigenvalue weighted by molar-refractivity contribution is 5.58. The van der Waals surface area contributed by atoms with Gasteiger partial charge in [0.1, 0.15) is 5.75 Å². The van der Waals surface area contributed by atoms with Crippen LogP contribution in [0.5, 0.6) is 5.75 Å². The predicted octanol–water partition coefficient (Wildman–Crippen LogP) is 3.32. The van der Waals surface area contributed by atoms with Crippen LogP contribution in [0.4, 0.5) is 5.69 Å². The number of tetrazole rings is 1. The van der Waals surface area contributed by atoms with E-state index in [1.54, 1.807) is 7.11 Å². The van der Waals surface area contributed by atoms with Crippen LogP contribution in [0.2, 0.25) is 0 Å². The summed E-state index contributed by atoms with van der Waals surface area (Å²) in [6.07, 6.45) is 4.97. The lowest BCUT2D eigenvalue weighted by molar-refractivity contribution is 0.132. The summed E-state index contributed by atoms with van der Waals surface area (Å²) in [4.78, 5) is 4.99. The van der Waals surface area contributed by atoms with Crippen LogP contribution in [-0.2, 0) is 0 Å². The quantitative estimate of drug-likeness (QED) is 0.761. The van der Waals surface area contributed by atoms with Gasteiger partial charge in [-0.15, -0.1) is 5.10 Å². The molecule has 4 rings (SSSR count). The third-order valence-electron chi connectivity index (χ3n) is 6.22. The van der Waals surface area contributed by atoms with Crippen molar-refractivity contribution < 1.29 is 4.74 Å². The molecule has 1 aliphatic heterocycles. The highest BCUT2D eigenvalue weighted by atomic mass is 16.5. The van der Waals surface area contributed by atoms with Crippen molar-refractivity contribution in [1.82, 2.24) is 25.1 Å². The smallest absolute Gasteiger partial charge is 0.168 e. The lowest BCUT2D eigenvalue weighted by atomic mass is 10.00. The first-order valence-corrected chi connectivity index (χ1v) is 10.6. The van der Waals surface area contributed by atoms with Crippen LogP contribution in [-0.4, -0.2) is 58.4 Å². The lowest BCUT2D eigenvalue weighted by Crippen LogP contribution is -2.49. The maximum atomic E-state index is 5.56. The van der Waals surface area contributed by atoms with E-state index in [1.165, 1.54) is 31.4 Å². The molecule has 0 N–H and O–H groups in total. The van der Waals surface area contributed by atoms with Gasteiger partial charge in [-0.25, -0.2) is 4.68 Å². The van der Waals surface area contributed by atoms with Crippen molar-refractivity contribution >= 4 is 5.69 Å². The van der Waals surface area contributed by atoms with Gasteiger partial charge in [0, 0.05) is 26.2 Å². The van der Waals surface area contributed by atoms with Crippen LogP contribution in [0.25, 0.3) is 0 Å². The van der Waals surface area contributed by atoms with Gasteiger partial charge in [0.25, 0.3) is 0 Å². The number of rotatable bonds is 6. The Hall–Kier alpha value is -2.15. The average Bonchev–Trinajstić information content (AvgIpc) is 3.40. The Bertz CT molecular complexity index is 762. The van der Waals surface area contributed by atoms with E-state index < -0.39 is 0 Å². The first kappa shape index (κ1) is 19.2. The molecule has 2 heterocycles. The number of para-hydroxylation sites is 2. The Morgan fingerprint density at radius 2 is 1.75 bits per heavy atom. The largest absolute Gasteiger partial charge is 0.495 e. The number of methoxy groups -OCH3 is 1. The van der Waals surface area contributed by atoms with E-state index in [4.69, 9.17) is 4.74 Å². The fourth-order valence-electron chi connectivity index (χ4n) is 4.82. The van der Waals surface area contributed by atoms with Crippen LogP contribution in [0.15, 0.2) is 24.3 Å². The van der Waals surface area contributed by atoms with E-state index in [1.807, 2.05) is 12.1 Å². The summed E-state index contributed by atoms with van der Waals surface area (Å²) in [7, 11) is 1.74. The molecular formula is C21H32N6O. The van der Waals surface area contributed by atoms with Crippen LogP contribution in [0.3, 0.4) is 0 Å². The van der Waals surface area contributed by atoms with Gasteiger partial charge in [0.15, 0.2) is 5.82 Å². The Balaban J connectivity index is 1.50. The van der Waals surface area contributed by atoms with E-state index in [9.17, 15) is 0 Å². The fourth-order valence-corrected chi connectivity index (χ4v) is 4.82. The van der Waals surface area contributed by atoms with Crippen molar-refractivity contribution in [1.29, 1.82) is 0 Å². The van der Waals surface area contributed by atoms with Crippen molar-refractivity contribution in [2.75, 3.05) is 38.2 Å². The molecule has 2 fully saturated rings. The maximum absolute atomic E-state index is 5.56. The highest BCUT2D eigenvalue weighted by Gasteiger charge is 2.34. The minimum absolute atomic E-state index is 0.260. The number of ether oxygens (including phenoxy) is 1. The number of anilines is 1. The normalized spacial score (nSPS) is 20.1. The van der Waals surface area contributed by atoms with Gasteiger partial charge >= 0.3 is 0 Å². The maximum Gasteiger partial charge on any atom is 0.168 e. The van der Waals surface area contributed by atoms with Crippen LogP contribution >= 0.6 is 0 Å². The third-order valence-corrected chi connectivity index (χ3v) is 6.22. The summed E-state index contributed by atoms with van der Waals surface area (Å²) in [6.45, 7) is 8.52. The molecule has 1 aromatic carbocycles. The topological polar surface area (TPSA) is 59.3 Å². The molecule has 7 heteroatoms. The fraction of sp³-hybridized carbons (Fsp3) is 0.667. The van der Waals surface area contributed by atoms with E-state index in [0.717, 1.165) is 37.8 Å². The summed E-state index contributed by atoms with van der Waals surface area (Å²) in [5.74, 6) is 2.46. The molecule has 1 aliphatic carbocycles. The second-order valence-corrected chi connectivity index (χ2v) is 8.30.